The Morgan fingerprint density at radius 2 is 1.58 bits per heavy atom. The number of halogens is 2. The fourth-order valence-corrected chi connectivity index (χ4v) is 3.14. The molecule has 0 saturated heterocycles. The second kappa shape index (κ2) is 6.63. The number of fused-ring (bicyclic) bond motifs is 1. The lowest BCUT2D eigenvalue weighted by Crippen LogP contribution is -2.21. The number of rotatable bonds is 3. The molecule has 130 valence electrons. The number of Topliss-reactive ketones (excluding diaryl/α,β-unsaturated/α-hetero) is 1. The summed E-state index contributed by atoms with van der Waals surface area (Å²) in [5, 5.41) is 3.01. The molecule has 0 amide bonds. The van der Waals surface area contributed by atoms with Gasteiger partial charge in [0.25, 0.3) is 0 Å². The molecule has 4 rings (SSSR count). The molecule has 0 bridgehead atoms. The normalized spacial score (nSPS) is 16.2. The highest BCUT2D eigenvalue weighted by Crippen LogP contribution is 2.32. The van der Waals surface area contributed by atoms with Gasteiger partial charge in [0.05, 0.1) is 11.3 Å². The zero-order valence-electron chi connectivity index (χ0n) is 13.7. The monoisotopic (exact) mass is 351 g/mol. The van der Waals surface area contributed by atoms with Gasteiger partial charge in [0.2, 0.25) is 5.95 Å². The number of carbonyl (C=O) groups is 1. The number of hydrogen-bond donors (Lipinski definition) is 1. The lowest BCUT2D eigenvalue weighted by atomic mass is 9.82. The average Bonchev–Trinajstić information content (AvgIpc) is 2.64. The number of benzene rings is 2. The van der Waals surface area contributed by atoms with Crippen LogP contribution in [-0.4, -0.2) is 15.8 Å². The Bertz CT molecular complexity index is 956. The molecule has 26 heavy (non-hydrogen) atoms. The maximum absolute atomic E-state index is 13.1. The molecule has 1 heterocycles. The van der Waals surface area contributed by atoms with E-state index >= 15 is 0 Å². The molecule has 0 unspecified atom stereocenters. The Labute approximate surface area is 148 Å². The Balaban J connectivity index is 1.60. The summed E-state index contributed by atoms with van der Waals surface area (Å²) in [6.07, 6.45) is 2.46. The fraction of sp³-hybridized carbons (Fsp3) is 0.150. The van der Waals surface area contributed by atoms with Crippen molar-refractivity contribution in [1.29, 1.82) is 0 Å². The first-order chi connectivity index (χ1) is 12.6. The molecule has 1 aromatic heterocycles. The van der Waals surface area contributed by atoms with Crippen molar-refractivity contribution in [2.45, 2.75) is 18.8 Å². The number of hydrogen-bond acceptors (Lipinski definition) is 4. The summed E-state index contributed by atoms with van der Waals surface area (Å²) in [6.45, 7) is 0. The van der Waals surface area contributed by atoms with E-state index < -0.39 is 0 Å². The molecule has 6 heteroatoms. The van der Waals surface area contributed by atoms with E-state index in [9.17, 15) is 13.6 Å². The van der Waals surface area contributed by atoms with Gasteiger partial charge in [-0.05, 0) is 54.3 Å². The number of aromatic nitrogens is 2. The molecule has 3 aromatic rings. The predicted molar refractivity (Wildman–Crippen MR) is 93.5 cm³/mol. The van der Waals surface area contributed by atoms with Gasteiger partial charge < -0.3 is 5.32 Å². The minimum Gasteiger partial charge on any atom is -0.324 e. The van der Waals surface area contributed by atoms with E-state index in [4.69, 9.17) is 0 Å². The van der Waals surface area contributed by atoms with Crippen molar-refractivity contribution in [3.63, 3.8) is 0 Å². The van der Waals surface area contributed by atoms with Gasteiger partial charge in [0.1, 0.15) is 11.6 Å². The van der Waals surface area contributed by atoms with Crippen molar-refractivity contribution in [3.05, 3.63) is 83.2 Å². The van der Waals surface area contributed by atoms with Gasteiger partial charge in [-0.3, -0.25) is 4.79 Å². The van der Waals surface area contributed by atoms with Gasteiger partial charge in [-0.2, -0.15) is 0 Å². The van der Waals surface area contributed by atoms with Gasteiger partial charge in [0, 0.05) is 18.3 Å². The van der Waals surface area contributed by atoms with Gasteiger partial charge in [-0.15, -0.1) is 0 Å². The molecule has 1 aliphatic carbocycles. The van der Waals surface area contributed by atoms with Crippen LogP contribution in [0.4, 0.5) is 20.4 Å². The van der Waals surface area contributed by atoms with Crippen molar-refractivity contribution < 1.29 is 13.6 Å². The fourth-order valence-electron chi connectivity index (χ4n) is 3.14. The third-order valence-corrected chi connectivity index (χ3v) is 4.48. The van der Waals surface area contributed by atoms with E-state index in [1.54, 1.807) is 24.3 Å². The summed E-state index contributed by atoms with van der Waals surface area (Å²) in [4.78, 5) is 21.1. The van der Waals surface area contributed by atoms with E-state index in [0.717, 1.165) is 5.56 Å². The highest BCUT2D eigenvalue weighted by molar-refractivity contribution is 5.98. The topological polar surface area (TPSA) is 54.9 Å². The SMILES string of the molecule is O=C1C[C@@H](c2ccc(F)cc2)Cc2nc(Nc3ccc(F)cc3)ncc21. The molecular formula is C20H15F2N3O. The second-order valence-electron chi connectivity index (χ2n) is 6.27. The van der Waals surface area contributed by atoms with Crippen molar-refractivity contribution in [2.75, 3.05) is 5.32 Å². The third kappa shape index (κ3) is 3.31. The molecule has 2 aromatic carbocycles. The molecule has 0 saturated carbocycles. The molecule has 1 N–H and O–H groups in total. The first kappa shape index (κ1) is 16.3. The largest absolute Gasteiger partial charge is 0.324 e. The Hall–Kier alpha value is -3.15. The molecule has 0 radical (unpaired) electrons. The van der Waals surface area contributed by atoms with Gasteiger partial charge >= 0.3 is 0 Å². The minimum absolute atomic E-state index is 0.0195. The number of nitrogens with one attached hydrogen (secondary N) is 1. The van der Waals surface area contributed by atoms with Crippen molar-refractivity contribution in [2.24, 2.45) is 0 Å². The Morgan fingerprint density at radius 3 is 2.27 bits per heavy atom. The summed E-state index contributed by atoms with van der Waals surface area (Å²) in [6, 6.07) is 12.1. The van der Waals surface area contributed by atoms with Crippen molar-refractivity contribution in [1.82, 2.24) is 9.97 Å². The minimum atomic E-state index is -0.324. The molecule has 0 aliphatic heterocycles. The molecule has 0 spiro atoms. The standard InChI is InChI=1S/C20H15F2N3O/c21-14-3-1-12(2-4-14)13-9-18-17(19(26)10-13)11-23-20(25-18)24-16-7-5-15(22)6-8-16/h1-8,11,13H,9-10H2,(H,23,24,25)/t13-/m0/s1. The lowest BCUT2D eigenvalue weighted by molar-refractivity contribution is 0.0962. The quantitative estimate of drug-likeness (QED) is 0.759. The van der Waals surface area contributed by atoms with Crippen LogP contribution in [0.1, 0.15) is 34.0 Å². The summed E-state index contributed by atoms with van der Waals surface area (Å²) in [5.74, 6) is -0.333. The van der Waals surface area contributed by atoms with Crippen LogP contribution in [0.3, 0.4) is 0 Å². The first-order valence-corrected chi connectivity index (χ1v) is 8.25. The number of nitrogens with zero attached hydrogens (tertiary/aromatic N) is 2. The average molecular weight is 351 g/mol. The summed E-state index contributed by atoms with van der Waals surface area (Å²) in [7, 11) is 0. The number of anilines is 2. The summed E-state index contributed by atoms with van der Waals surface area (Å²) >= 11 is 0. The highest BCUT2D eigenvalue weighted by Gasteiger charge is 2.28. The zero-order valence-corrected chi connectivity index (χ0v) is 13.7. The smallest absolute Gasteiger partial charge is 0.227 e. The van der Waals surface area contributed by atoms with Crippen LogP contribution in [0, 0.1) is 11.6 Å². The number of ketones is 1. The van der Waals surface area contributed by atoms with E-state index in [2.05, 4.69) is 15.3 Å². The van der Waals surface area contributed by atoms with E-state index in [1.165, 1.54) is 30.5 Å². The first-order valence-electron chi connectivity index (χ1n) is 8.25. The maximum Gasteiger partial charge on any atom is 0.227 e. The summed E-state index contributed by atoms with van der Waals surface area (Å²) in [5.41, 5.74) is 2.75. The van der Waals surface area contributed by atoms with Crippen LogP contribution >= 0.6 is 0 Å². The van der Waals surface area contributed by atoms with Gasteiger partial charge in [-0.1, -0.05) is 12.1 Å². The molecular weight excluding hydrogens is 336 g/mol. The maximum atomic E-state index is 13.1. The molecule has 1 atom stereocenters. The number of carbonyl (C=O) groups excluding carboxylic acids is 1. The van der Waals surface area contributed by atoms with E-state index in [1.807, 2.05) is 0 Å². The van der Waals surface area contributed by atoms with Crippen LogP contribution in [0.5, 0.6) is 0 Å². The van der Waals surface area contributed by atoms with Crippen molar-refractivity contribution >= 4 is 17.4 Å². The molecule has 1 aliphatic rings. The Kier molecular flexibility index (Phi) is 4.16. The second-order valence-corrected chi connectivity index (χ2v) is 6.27. The highest BCUT2D eigenvalue weighted by atomic mass is 19.1. The van der Waals surface area contributed by atoms with Crippen LogP contribution in [0.15, 0.2) is 54.7 Å². The molecule has 0 fully saturated rings. The van der Waals surface area contributed by atoms with E-state index in [-0.39, 0.29) is 23.3 Å². The van der Waals surface area contributed by atoms with E-state index in [0.29, 0.717) is 35.7 Å². The van der Waals surface area contributed by atoms with Gasteiger partial charge in [-0.25, -0.2) is 18.7 Å². The summed E-state index contributed by atoms with van der Waals surface area (Å²) < 4.78 is 26.1. The van der Waals surface area contributed by atoms with Crippen LogP contribution < -0.4 is 5.32 Å². The lowest BCUT2D eigenvalue weighted by Gasteiger charge is -2.23. The predicted octanol–water partition coefficient (Wildman–Crippen LogP) is 4.41. The zero-order chi connectivity index (χ0) is 18.1. The van der Waals surface area contributed by atoms with Crippen LogP contribution in [0.25, 0.3) is 0 Å². The van der Waals surface area contributed by atoms with Crippen molar-refractivity contribution in [3.8, 4) is 0 Å². The van der Waals surface area contributed by atoms with Gasteiger partial charge in [0.15, 0.2) is 5.78 Å². The third-order valence-electron chi connectivity index (χ3n) is 4.48. The molecule has 4 nitrogen and oxygen atoms in total. The van der Waals surface area contributed by atoms with Crippen LogP contribution in [-0.2, 0) is 6.42 Å². The Morgan fingerprint density at radius 1 is 0.923 bits per heavy atom. The van der Waals surface area contributed by atoms with Crippen LogP contribution in [0.2, 0.25) is 0 Å².